The number of hydrogen-bond donors (Lipinski definition) is 1. The largest absolute Gasteiger partial charge is 0.311 e. The summed E-state index contributed by atoms with van der Waals surface area (Å²) < 4.78 is 13.2. The van der Waals surface area contributed by atoms with E-state index in [1.165, 1.54) is 5.56 Å². The van der Waals surface area contributed by atoms with Crippen LogP contribution in [0, 0.1) is 0 Å². The van der Waals surface area contributed by atoms with Crippen molar-refractivity contribution in [2.75, 3.05) is 6.54 Å². The summed E-state index contributed by atoms with van der Waals surface area (Å²) in [5.41, 5.74) is 1.21. The Morgan fingerprint density at radius 1 is 1.31 bits per heavy atom. The number of halogens is 1. The Hall–Kier alpha value is -0.890. The third-order valence-corrected chi connectivity index (χ3v) is 2.56. The van der Waals surface area contributed by atoms with Gasteiger partial charge in [0.05, 0.1) is 0 Å². The van der Waals surface area contributed by atoms with Gasteiger partial charge in [-0.15, -0.1) is 0 Å². The predicted molar refractivity (Wildman–Crippen MR) is 51.4 cm³/mol. The van der Waals surface area contributed by atoms with E-state index < -0.39 is 6.17 Å². The Kier molecular flexibility index (Phi) is 2.60. The van der Waals surface area contributed by atoms with Crippen LogP contribution in [0.1, 0.15) is 12.0 Å². The van der Waals surface area contributed by atoms with Crippen LogP contribution in [-0.4, -0.2) is 18.8 Å². The summed E-state index contributed by atoms with van der Waals surface area (Å²) in [7, 11) is 0. The molecular formula is C11H14FN. The van der Waals surface area contributed by atoms with Gasteiger partial charge in [0, 0.05) is 6.04 Å². The average Bonchev–Trinajstić information content (AvgIpc) is 2.54. The fourth-order valence-electron chi connectivity index (χ4n) is 1.80. The fourth-order valence-corrected chi connectivity index (χ4v) is 1.80. The predicted octanol–water partition coefficient (Wildman–Crippen LogP) is 1.93. The average molecular weight is 179 g/mol. The zero-order valence-corrected chi connectivity index (χ0v) is 7.54. The molecule has 1 N–H and O–H groups in total. The second-order valence-electron chi connectivity index (χ2n) is 3.56. The van der Waals surface area contributed by atoms with Gasteiger partial charge < -0.3 is 5.32 Å². The van der Waals surface area contributed by atoms with E-state index in [2.05, 4.69) is 5.32 Å². The molecule has 70 valence electrons. The summed E-state index contributed by atoms with van der Waals surface area (Å²) in [4.78, 5) is 0. The van der Waals surface area contributed by atoms with Crippen molar-refractivity contribution in [3.05, 3.63) is 35.9 Å². The summed E-state index contributed by atoms with van der Waals surface area (Å²) in [5.74, 6) is 0. The van der Waals surface area contributed by atoms with Crippen molar-refractivity contribution >= 4 is 0 Å². The van der Waals surface area contributed by atoms with E-state index in [0.717, 1.165) is 13.0 Å². The summed E-state index contributed by atoms with van der Waals surface area (Å²) >= 11 is 0. The molecule has 0 unspecified atom stereocenters. The third-order valence-electron chi connectivity index (χ3n) is 2.56. The standard InChI is InChI=1S/C11H14FN/c12-10-6-7-13-11(10)8-9-4-2-1-3-5-9/h1-5,10-11,13H,6-8H2/t10-,11+/m0/s1. The number of nitrogens with one attached hydrogen (secondary N) is 1. The maximum atomic E-state index is 13.2. The molecular weight excluding hydrogens is 165 g/mol. The van der Waals surface area contributed by atoms with Gasteiger partial charge in [0.2, 0.25) is 0 Å². The lowest BCUT2D eigenvalue weighted by atomic mass is 10.0. The lowest BCUT2D eigenvalue weighted by Gasteiger charge is -2.12. The molecule has 1 fully saturated rings. The van der Waals surface area contributed by atoms with Gasteiger partial charge in [-0.05, 0) is 24.9 Å². The highest BCUT2D eigenvalue weighted by Crippen LogP contribution is 2.15. The van der Waals surface area contributed by atoms with Gasteiger partial charge in [-0.1, -0.05) is 30.3 Å². The van der Waals surface area contributed by atoms with Crippen molar-refractivity contribution < 1.29 is 4.39 Å². The molecule has 1 aromatic carbocycles. The SMILES string of the molecule is F[C@H]1CCN[C@@H]1Cc1ccccc1. The molecule has 1 nitrogen and oxygen atoms in total. The maximum Gasteiger partial charge on any atom is 0.117 e. The number of benzene rings is 1. The highest BCUT2D eigenvalue weighted by Gasteiger charge is 2.25. The van der Waals surface area contributed by atoms with Crippen LogP contribution in [0.4, 0.5) is 4.39 Å². The van der Waals surface area contributed by atoms with Gasteiger partial charge in [0.1, 0.15) is 6.17 Å². The first-order chi connectivity index (χ1) is 6.36. The molecule has 1 aliphatic rings. The molecule has 0 aliphatic carbocycles. The van der Waals surface area contributed by atoms with Crippen LogP contribution in [0.5, 0.6) is 0 Å². The van der Waals surface area contributed by atoms with Crippen molar-refractivity contribution in [2.24, 2.45) is 0 Å². The zero-order chi connectivity index (χ0) is 9.10. The van der Waals surface area contributed by atoms with Crippen LogP contribution in [0.3, 0.4) is 0 Å². The summed E-state index contributed by atoms with van der Waals surface area (Å²) in [6.45, 7) is 0.818. The van der Waals surface area contributed by atoms with Crippen LogP contribution in [0.2, 0.25) is 0 Å². The van der Waals surface area contributed by atoms with Gasteiger partial charge >= 0.3 is 0 Å². The molecule has 0 bridgehead atoms. The highest BCUT2D eigenvalue weighted by molar-refractivity contribution is 5.16. The van der Waals surface area contributed by atoms with E-state index in [1.807, 2.05) is 30.3 Å². The van der Waals surface area contributed by atoms with Crippen LogP contribution in [-0.2, 0) is 6.42 Å². The molecule has 1 saturated heterocycles. The van der Waals surface area contributed by atoms with E-state index in [4.69, 9.17) is 0 Å². The van der Waals surface area contributed by atoms with Crippen molar-refractivity contribution in [1.29, 1.82) is 0 Å². The van der Waals surface area contributed by atoms with Gasteiger partial charge in [-0.3, -0.25) is 0 Å². The monoisotopic (exact) mass is 179 g/mol. The molecule has 0 aromatic heterocycles. The molecule has 1 heterocycles. The Bertz CT molecular complexity index is 260. The molecule has 1 aliphatic heterocycles. The van der Waals surface area contributed by atoms with Gasteiger partial charge in [-0.25, -0.2) is 4.39 Å². The maximum absolute atomic E-state index is 13.2. The Morgan fingerprint density at radius 3 is 2.69 bits per heavy atom. The molecule has 0 radical (unpaired) electrons. The van der Waals surface area contributed by atoms with Gasteiger partial charge in [-0.2, -0.15) is 0 Å². The zero-order valence-electron chi connectivity index (χ0n) is 7.54. The van der Waals surface area contributed by atoms with Crippen molar-refractivity contribution in [1.82, 2.24) is 5.32 Å². The summed E-state index contributed by atoms with van der Waals surface area (Å²) in [5, 5.41) is 3.18. The lowest BCUT2D eigenvalue weighted by molar-refractivity contribution is 0.299. The molecule has 0 spiro atoms. The molecule has 2 atom stereocenters. The van der Waals surface area contributed by atoms with Crippen LogP contribution < -0.4 is 5.32 Å². The molecule has 1 aromatic rings. The van der Waals surface area contributed by atoms with E-state index in [1.54, 1.807) is 0 Å². The summed E-state index contributed by atoms with van der Waals surface area (Å²) in [6.07, 6.45) is 0.805. The van der Waals surface area contributed by atoms with Crippen molar-refractivity contribution in [2.45, 2.75) is 25.1 Å². The lowest BCUT2D eigenvalue weighted by Crippen LogP contribution is -2.30. The quantitative estimate of drug-likeness (QED) is 0.731. The Morgan fingerprint density at radius 2 is 2.08 bits per heavy atom. The first-order valence-corrected chi connectivity index (χ1v) is 4.77. The van der Waals surface area contributed by atoms with Crippen LogP contribution >= 0.6 is 0 Å². The van der Waals surface area contributed by atoms with Crippen LogP contribution in [0.25, 0.3) is 0 Å². The van der Waals surface area contributed by atoms with Crippen molar-refractivity contribution in [3.63, 3.8) is 0 Å². The van der Waals surface area contributed by atoms with E-state index in [-0.39, 0.29) is 6.04 Å². The minimum absolute atomic E-state index is 0.0300. The number of alkyl halides is 1. The number of rotatable bonds is 2. The smallest absolute Gasteiger partial charge is 0.117 e. The summed E-state index contributed by atoms with van der Waals surface area (Å²) in [6, 6.07) is 10.1. The van der Waals surface area contributed by atoms with E-state index >= 15 is 0 Å². The molecule has 2 rings (SSSR count). The highest BCUT2D eigenvalue weighted by atomic mass is 19.1. The third kappa shape index (κ3) is 2.07. The second-order valence-corrected chi connectivity index (χ2v) is 3.56. The van der Waals surface area contributed by atoms with E-state index in [0.29, 0.717) is 6.42 Å². The Labute approximate surface area is 78.0 Å². The number of hydrogen-bond acceptors (Lipinski definition) is 1. The minimum atomic E-state index is -0.666. The molecule has 13 heavy (non-hydrogen) atoms. The van der Waals surface area contributed by atoms with Crippen LogP contribution in [0.15, 0.2) is 30.3 Å². The fraction of sp³-hybridized carbons (Fsp3) is 0.455. The van der Waals surface area contributed by atoms with Crippen molar-refractivity contribution in [3.8, 4) is 0 Å². The molecule has 0 saturated carbocycles. The normalized spacial score (nSPS) is 27.8. The molecule has 2 heteroatoms. The molecule has 0 amide bonds. The second kappa shape index (κ2) is 3.88. The van der Waals surface area contributed by atoms with E-state index in [9.17, 15) is 4.39 Å². The Balaban J connectivity index is 1.98. The topological polar surface area (TPSA) is 12.0 Å². The first-order valence-electron chi connectivity index (χ1n) is 4.77. The van der Waals surface area contributed by atoms with Gasteiger partial charge in [0.25, 0.3) is 0 Å². The minimum Gasteiger partial charge on any atom is -0.311 e. The first kappa shape index (κ1) is 8.70. The van der Waals surface area contributed by atoms with Gasteiger partial charge in [0.15, 0.2) is 0 Å².